The summed E-state index contributed by atoms with van der Waals surface area (Å²) in [4.78, 5) is 23.3. The summed E-state index contributed by atoms with van der Waals surface area (Å²) in [6.07, 6.45) is 0. The number of carbonyl (C=O) groups is 2. The molecule has 114 valence electrons. The maximum Gasteiger partial charge on any atom is 0.313 e. The molecule has 0 heterocycles. The van der Waals surface area contributed by atoms with E-state index in [1.165, 1.54) is 30.3 Å². The number of hydrogen-bond donors (Lipinski definition) is 2. The average molecular weight is 325 g/mol. The van der Waals surface area contributed by atoms with E-state index in [4.69, 9.17) is 11.6 Å². The number of hydrogen-bond acceptors (Lipinski definition) is 2. The first-order chi connectivity index (χ1) is 10.5. The smallest absolute Gasteiger partial charge is 0.313 e. The molecule has 2 aromatic carbocycles. The van der Waals surface area contributed by atoms with Crippen molar-refractivity contribution in [2.24, 2.45) is 0 Å². The molecule has 0 atom stereocenters. The molecule has 2 rings (SSSR count). The lowest BCUT2D eigenvalue weighted by atomic mass is 10.2. The first kappa shape index (κ1) is 15.9. The van der Waals surface area contributed by atoms with E-state index in [9.17, 15) is 18.4 Å². The normalized spacial score (nSPS) is 10.1. The molecule has 2 aromatic rings. The zero-order chi connectivity index (χ0) is 16.1. The number of amides is 2. The second kappa shape index (κ2) is 7.00. The summed E-state index contributed by atoms with van der Waals surface area (Å²) in [7, 11) is 0. The molecule has 0 saturated carbocycles. The van der Waals surface area contributed by atoms with Crippen molar-refractivity contribution in [3.05, 3.63) is 64.7 Å². The van der Waals surface area contributed by atoms with E-state index in [-0.39, 0.29) is 22.8 Å². The molecule has 0 radical (unpaired) electrons. The van der Waals surface area contributed by atoms with E-state index >= 15 is 0 Å². The summed E-state index contributed by atoms with van der Waals surface area (Å²) >= 11 is 5.57. The van der Waals surface area contributed by atoms with Gasteiger partial charge >= 0.3 is 11.8 Å². The molecule has 2 amide bonds. The lowest BCUT2D eigenvalue weighted by Crippen LogP contribution is -2.35. The Kier molecular flexibility index (Phi) is 5.06. The van der Waals surface area contributed by atoms with Gasteiger partial charge in [0.25, 0.3) is 0 Å². The molecule has 0 saturated heterocycles. The average Bonchev–Trinajstić information content (AvgIpc) is 2.50. The zero-order valence-electron chi connectivity index (χ0n) is 11.2. The number of halogens is 3. The van der Waals surface area contributed by atoms with Gasteiger partial charge in [-0.3, -0.25) is 9.59 Å². The van der Waals surface area contributed by atoms with Crippen molar-refractivity contribution in [1.29, 1.82) is 0 Å². The Bertz CT molecular complexity index is 722. The Balaban J connectivity index is 1.93. The van der Waals surface area contributed by atoms with Gasteiger partial charge in [0.05, 0.1) is 5.02 Å². The molecule has 0 aliphatic rings. The van der Waals surface area contributed by atoms with Gasteiger partial charge in [-0.1, -0.05) is 29.8 Å². The number of rotatable bonds is 3. The SMILES string of the molecule is O=C(NCc1ccccc1F)C(=O)Nc1ccc(F)c(Cl)c1. The molecule has 22 heavy (non-hydrogen) atoms. The maximum absolute atomic E-state index is 13.4. The van der Waals surface area contributed by atoms with Crippen LogP contribution in [-0.4, -0.2) is 11.8 Å². The van der Waals surface area contributed by atoms with Crippen LogP contribution in [0.1, 0.15) is 5.56 Å². The van der Waals surface area contributed by atoms with E-state index in [1.807, 2.05) is 0 Å². The Morgan fingerprint density at radius 3 is 2.41 bits per heavy atom. The molecule has 0 aliphatic carbocycles. The third kappa shape index (κ3) is 4.02. The summed E-state index contributed by atoms with van der Waals surface area (Å²) in [5, 5.41) is 4.38. The topological polar surface area (TPSA) is 58.2 Å². The van der Waals surface area contributed by atoms with Gasteiger partial charge < -0.3 is 10.6 Å². The fourth-order valence-corrected chi connectivity index (χ4v) is 1.84. The maximum atomic E-state index is 13.4. The van der Waals surface area contributed by atoms with Crippen molar-refractivity contribution in [2.45, 2.75) is 6.54 Å². The first-order valence-corrected chi connectivity index (χ1v) is 6.63. The Hall–Kier alpha value is -2.47. The number of anilines is 1. The minimum atomic E-state index is -0.959. The Morgan fingerprint density at radius 1 is 1.00 bits per heavy atom. The minimum absolute atomic E-state index is 0.122. The van der Waals surface area contributed by atoms with Crippen LogP contribution in [0, 0.1) is 11.6 Å². The lowest BCUT2D eigenvalue weighted by molar-refractivity contribution is -0.136. The Morgan fingerprint density at radius 2 is 1.73 bits per heavy atom. The molecule has 4 nitrogen and oxygen atoms in total. The van der Waals surface area contributed by atoms with E-state index in [0.717, 1.165) is 6.07 Å². The van der Waals surface area contributed by atoms with Crippen molar-refractivity contribution in [1.82, 2.24) is 5.32 Å². The number of carbonyl (C=O) groups excluding carboxylic acids is 2. The van der Waals surface area contributed by atoms with E-state index in [0.29, 0.717) is 0 Å². The van der Waals surface area contributed by atoms with Crippen molar-refractivity contribution in [3.8, 4) is 0 Å². The van der Waals surface area contributed by atoms with Crippen LogP contribution < -0.4 is 10.6 Å². The molecule has 0 spiro atoms. The van der Waals surface area contributed by atoms with Gasteiger partial charge in [0.15, 0.2) is 0 Å². The molecular weight excluding hydrogens is 314 g/mol. The van der Waals surface area contributed by atoms with Crippen LogP contribution >= 0.6 is 11.6 Å². The summed E-state index contributed by atoms with van der Waals surface area (Å²) in [5.74, 6) is -3.01. The third-order valence-electron chi connectivity index (χ3n) is 2.78. The van der Waals surface area contributed by atoms with Gasteiger partial charge in [0.2, 0.25) is 0 Å². The Labute approximate surface area is 130 Å². The van der Waals surface area contributed by atoms with E-state index in [1.54, 1.807) is 6.07 Å². The van der Waals surface area contributed by atoms with Crippen LogP contribution in [0.25, 0.3) is 0 Å². The fourth-order valence-electron chi connectivity index (χ4n) is 1.66. The molecule has 0 aliphatic heterocycles. The van der Waals surface area contributed by atoms with Crippen LogP contribution in [0.3, 0.4) is 0 Å². The largest absolute Gasteiger partial charge is 0.344 e. The molecule has 0 aromatic heterocycles. The summed E-state index contributed by atoms with van der Waals surface area (Å²) < 4.78 is 26.3. The predicted molar refractivity (Wildman–Crippen MR) is 78.3 cm³/mol. The van der Waals surface area contributed by atoms with Crippen LogP contribution in [0.4, 0.5) is 14.5 Å². The van der Waals surface area contributed by atoms with Crippen molar-refractivity contribution in [3.63, 3.8) is 0 Å². The van der Waals surface area contributed by atoms with Crippen molar-refractivity contribution < 1.29 is 18.4 Å². The highest BCUT2D eigenvalue weighted by Gasteiger charge is 2.14. The number of nitrogens with one attached hydrogen (secondary N) is 2. The van der Waals surface area contributed by atoms with Crippen molar-refractivity contribution >= 4 is 29.1 Å². The number of benzene rings is 2. The second-order valence-electron chi connectivity index (χ2n) is 4.36. The van der Waals surface area contributed by atoms with Gasteiger partial charge in [0.1, 0.15) is 11.6 Å². The molecule has 7 heteroatoms. The van der Waals surface area contributed by atoms with Gasteiger partial charge in [-0.15, -0.1) is 0 Å². The van der Waals surface area contributed by atoms with Gasteiger partial charge in [-0.05, 0) is 24.3 Å². The summed E-state index contributed by atoms with van der Waals surface area (Å²) in [6.45, 7) is -0.122. The first-order valence-electron chi connectivity index (χ1n) is 6.25. The highest BCUT2D eigenvalue weighted by molar-refractivity contribution is 6.39. The fraction of sp³-hybridized carbons (Fsp3) is 0.0667. The second-order valence-corrected chi connectivity index (χ2v) is 4.76. The lowest BCUT2D eigenvalue weighted by Gasteiger charge is -2.07. The van der Waals surface area contributed by atoms with Crippen LogP contribution in [0.15, 0.2) is 42.5 Å². The monoisotopic (exact) mass is 324 g/mol. The highest BCUT2D eigenvalue weighted by atomic mass is 35.5. The molecule has 0 bridgehead atoms. The quantitative estimate of drug-likeness (QED) is 0.853. The zero-order valence-corrected chi connectivity index (χ0v) is 12.0. The molecule has 0 unspecified atom stereocenters. The van der Waals surface area contributed by atoms with Gasteiger partial charge in [-0.25, -0.2) is 8.78 Å². The molecule has 2 N–H and O–H groups in total. The molecular formula is C15H11ClF2N2O2. The minimum Gasteiger partial charge on any atom is -0.344 e. The highest BCUT2D eigenvalue weighted by Crippen LogP contribution is 2.19. The van der Waals surface area contributed by atoms with Crippen LogP contribution in [-0.2, 0) is 16.1 Å². The predicted octanol–water partition coefficient (Wildman–Crippen LogP) is 2.87. The van der Waals surface area contributed by atoms with E-state index < -0.39 is 23.4 Å². The summed E-state index contributed by atoms with van der Waals surface area (Å²) in [5.41, 5.74) is 0.436. The van der Waals surface area contributed by atoms with Gasteiger partial charge in [0, 0.05) is 17.8 Å². The summed E-state index contributed by atoms with van der Waals surface area (Å²) in [6, 6.07) is 9.39. The van der Waals surface area contributed by atoms with Gasteiger partial charge in [-0.2, -0.15) is 0 Å². The standard InChI is InChI=1S/C15H11ClF2N2O2/c16-11-7-10(5-6-13(11)18)20-15(22)14(21)19-8-9-3-1-2-4-12(9)17/h1-7H,8H2,(H,19,21)(H,20,22). The third-order valence-corrected chi connectivity index (χ3v) is 3.07. The van der Waals surface area contributed by atoms with E-state index in [2.05, 4.69) is 10.6 Å². The van der Waals surface area contributed by atoms with Crippen LogP contribution in [0.5, 0.6) is 0 Å². The van der Waals surface area contributed by atoms with Crippen molar-refractivity contribution in [2.75, 3.05) is 5.32 Å². The molecule has 0 fully saturated rings. The van der Waals surface area contributed by atoms with Crippen LogP contribution in [0.2, 0.25) is 5.02 Å².